The zero-order chi connectivity index (χ0) is 18.2. The summed E-state index contributed by atoms with van der Waals surface area (Å²) >= 11 is 0. The van der Waals surface area contributed by atoms with Crippen molar-refractivity contribution in [2.75, 3.05) is 31.6 Å². The Hall–Kier alpha value is -1.35. The van der Waals surface area contributed by atoms with Crippen LogP contribution in [0, 0.1) is 0 Å². The summed E-state index contributed by atoms with van der Waals surface area (Å²) in [6.45, 7) is 6.97. The first-order valence-corrected chi connectivity index (χ1v) is 9.61. The van der Waals surface area contributed by atoms with Gasteiger partial charge in [-0.3, -0.25) is 4.79 Å². The average Bonchev–Trinajstić information content (AvgIpc) is 2.55. The molecule has 0 aliphatic heterocycles. The van der Waals surface area contributed by atoms with Gasteiger partial charge in [0.15, 0.2) is 0 Å². The summed E-state index contributed by atoms with van der Waals surface area (Å²) < 4.78 is 32.1. The molecule has 0 spiro atoms. The summed E-state index contributed by atoms with van der Waals surface area (Å²) in [5.41, 5.74) is 5.76. The van der Waals surface area contributed by atoms with Gasteiger partial charge >= 0.3 is 0 Å². The fourth-order valence-corrected chi connectivity index (χ4v) is 3.72. The number of sulfonamides is 1. The number of nitrogens with two attached hydrogens (primary N) is 1. The Morgan fingerprint density at radius 2 is 1.88 bits per heavy atom. The van der Waals surface area contributed by atoms with Crippen molar-refractivity contribution in [3.05, 3.63) is 18.2 Å². The highest BCUT2D eigenvalue weighted by molar-refractivity contribution is 7.89. The normalized spacial score (nSPS) is 11.1. The monoisotopic (exact) mass is 393 g/mol. The molecule has 0 unspecified atom stereocenters. The Bertz CT molecular complexity index is 649. The number of carbonyl (C=O) groups excluding carboxylic acids is 1. The van der Waals surface area contributed by atoms with Crippen LogP contribution in [-0.4, -0.2) is 44.9 Å². The fourth-order valence-electron chi connectivity index (χ4n) is 2.24. The van der Waals surface area contributed by atoms with Gasteiger partial charge in [0.1, 0.15) is 5.75 Å². The van der Waals surface area contributed by atoms with E-state index in [1.54, 1.807) is 19.9 Å². The van der Waals surface area contributed by atoms with E-state index in [2.05, 4.69) is 5.32 Å². The molecule has 9 heteroatoms. The lowest BCUT2D eigenvalue weighted by atomic mass is 10.2. The molecule has 0 atom stereocenters. The third-order valence-corrected chi connectivity index (χ3v) is 5.52. The second-order valence-electron chi connectivity index (χ2n) is 5.12. The number of nitrogens with zero attached hydrogens (tertiary/aromatic N) is 1. The summed E-state index contributed by atoms with van der Waals surface area (Å²) in [5, 5.41) is 2.72. The second kappa shape index (κ2) is 11.3. The maximum atomic E-state index is 12.6. The van der Waals surface area contributed by atoms with Crippen LogP contribution < -0.4 is 15.8 Å². The molecule has 1 aromatic rings. The largest absolute Gasteiger partial charge is 0.492 e. The Balaban J connectivity index is 0.00000576. The van der Waals surface area contributed by atoms with Crippen LogP contribution in [0.3, 0.4) is 0 Å². The highest BCUT2D eigenvalue weighted by Crippen LogP contribution is 2.29. The Kier molecular flexibility index (Phi) is 10.7. The maximum Gasteiger partial charge on any atom is 0.243 e. The molecule has 0 radical (unpaired) electrons. The number of rotatable bonds is 10. The average molecular weight is 394 g/mol. The van der Waals surface area contributed by atoms with Gasteiger partial charge in [-0.25, -0.2) is 8.42 Å². The topological polar surface area (TPSA) is 102 Å². The number of ether oxygens (including phenoxy) is 1. The minimum atomic E-state index is -3.60. The summed E-state index contributed by atoms with van der Waals surface area (Å²) in [7, 11) is -3.60. The number of hydrogen-bond acceptors (Lipinski definition) is 5. The number of halogens is 1. The molecule has 0 aliphatic rings. The van der Waals surface area contributed by atoms with Crippen molar-refractivity contribution in [1.29, 1.82) is 0 Å². The van der Waals surface area contributed by atoms with Crippen molar-refractivity contribution < 1.29 is 17.9 Å². The van der Waals surface area contributed by atoms with Crippen LogP contribution in [0.1, 0.15) is 33.6 Å². The zero-order valence-corrected chi connectivity index (χ0v) is 16.6. The molecule has 0 fully saturated rings. The van der Waals surface area contributed by atoms with E-state index in [9.17, 15) is 13.2 Å². The predicted octanol–water partition coefficient (Wildman–Crippen LogP) is 2.21. The third-order valence-electron chi connectivity index (χ3n) is 3.48. The Morgan fingerprint density at radius 3 is 2.40 bits per heavy atom. The minimum absolute atomic E-state index is 0. The molecule has 0 heterocycles. The van der Waals surface area contributed by atoms with E-state index in [1.807, 2.05) is 6.92 Å². The molecule has 144 valence electrons. The smallest absolute Gasteiger partial charge is 0.243 e. The summed E-state index contributed by atoms with van der Waals surface area (Å²) in [6.07, 6.45) is 0.836. The van der Waals surface area contributed by atoms with Gasteiger partial charge in [-0.15, -0.1) is 12.4 Å². The Morgan fingerprint density at radius 1 is 1.24 bits per heavy atom. The first kappa shape index (κ1) is 23.6. The van der Waals surface area contributed by atoms with E-state index in [-0.39, 0.29) is 29.6 Å². The first-order valence-electron chi connectivity index (χ1n) is 8.17. The van der Waals surface area contributed by atoms with Crippen molar-refractivity contribution in [1.82, 2.24) is 4.31 Å². The standard InChI is InChI=1S/C16H27N3O4S.ClH/c1-4-19(5-2)24(21,22)13-9-10-15(23-6-3)14(12-13)18-16(20)8-7-11-17;/h9-10,12H,4-8,11,17H2,1-3H3,(H,18,20);1H. The van der Waals surface area contributed by atoms with E-state index in [4.69, 9.17) is 10.5 Å². The summed E-state index contributed by atoms with van der Waals surface area (Å²) in [6, 6.07) is 4.51. The van der Waals surface area contributed by atoms with Gasteiger partial charge in [-0.05, 0) is 38.1 Å². The van der Waals surface area contributed by atoms with Gasteiger partial charge in [0.25, 0.3) is 0 Å². The number of benzene rings is 1. The number of hydrogen-bond donors (Lipinski definition) is 2. The van der Waals surface area contributed by atoms with Gasteiger partial charge in [-0.2, -0.15) is 4.31 Å². The summed E-state index contributed by atoms with van der Waals surface area (Å²) in [5.74, 6) is 0.218. The van der Waals surface area contributed by atoms with Crippen LogP contribution >= 0.6 is 12.4 Å². The van der Waals surface area contributed by atoms with Crippen LogP contribution in [0.5, 0.6) is 5.75 Å². The van der Waals surface area contributed by atoms with Gasteiger partial charge in [0.05, 0.1) is 17.2 Å². The third kappa shape index (κ3) is 6.47. The SMILES string of the molecule is CCOc1ccc(S(=O)(=O)N(CC)CC)cc1NC(=O)CCCN.Cl. The van der Waals surface area contributed by atoms with Gasteiger partial charge < -0.3 is 15.8 Å². The van der Waals surface area contributed by atoms with Crippen molar-refractivity contribution in [2.24, 2.45) is 5.73 Å². The van der Waals surface area contributed by atoms with Gasteiger partial charge in [0.2, 0.25) is 15.9 Å². The Labute approximate surface area is 156 Å². The van der Waals surface area contributed by atoms with Crippen molar-refractivity contribution in [2.45, 2.75) is 38.5 Å². The van der Waals surface area contributed by atoms with Crippen LogP contribution in [-0.2, 0) is 14.8 Å². The molecule has 1 rings (SSSR count). The quantitative estimate of drug-likeness (QED) is 0.634. The predicted molar refractivity (Wildman–Crippen MR) is 102 cm³/mol. The molecule has 7 nitrogen and oxygen atoms in total. The van der Waals surface area contributed by atoms with Crippen LogP contribution in [0.4, 0.5) is 5.69 Å². The molecule has 0 bridgehead atoms. The van der Waals surface area contributed by atoms with Crippen molar-refractivity contribution in [3.63, 3.8) is 0 Å². The van der Waals surface area contributed by atoms with Crippen LogP contribution in [0.2, 0.25) is 0 Å². The highest BCUT2D eigenvalue weighted by atomic mass is 35.5. The van der Waals surface area contributed by atoms with E-state index in [1.165, 1.54) is 16.4 Å². The molecule has 1 amide bonds. The molecular weight excluding hydrogens is 366 g/mol. The number of nitrogens with one attached hydrogen (secondary N) is 1. The molecular formula is C16H28ClN3O4S. The lowest BCUT2D eigenvalue weighted by Crippen LogP contribution is -2.30. The van der Waals surface area contributed by atoms with E-state index >= 15 is 0 Å². The molecule has 0 aromatic heterocycles. The highest BCUT2D eigenvalue weighted by Gasteiger charge is 2.23. The van der Waals surface area contributed by atoms with E-state index in [0.717, 1.165) is 0 Å². The minimum Gasteiger partial charge on any atom is -0.492 e. The number of anilines is 1. The van der Waals surface area contributed by atoms with Crippen LogP contribution in [0.15, 0.2) is 23.1 Å². The zero-order valence-electron chi connectivity index (χ0n) is 14.9. The lowest BCUT2D eigenvalue weighted by molar-refractivity contribution is -0.116. The second-order valence-corrected chi connectivity index (χ2v) is 7.06. The fraction of sp³-hybridized carbons (Fsp3) is 0.562. The summed E-state index contributed by atoms with van der Waals surface area (Å²) in [4.78, 5) is 12.1. The molecule has 0 aliphatic carbocycles. The van der Waals surface area contributed by atoms with Crippen LogP contribution in [0.25, 0.3) is 0 Å². The van der Waals surface area contributed by atoms with Gasteiger partial charge in [0, 0.05) is 19.5 Å². The van der Waals surface area contributed by atoms with Crippen molar-refractivity contribution in [3.8, 4) is 5.75 Å². The molecule has 3 N–H and O–H groups in total. The lowest BCUT2D eigenvalue weighted by Gasteiger charge is -2.20. The first-order chi connectivity index (χ1) is 11.4. The van der Waals surface area contributed by atoms with E-state index < -0.39 is 10.0 Å². The molecule has 0 saturated heterocycles. The molecule has 1 aromatic carbocycles. The van der Waals surface area contributed by atoms with Gasteiger partial charge in [-0.1, -0.05) is 13.8 Å². The maximum absolute atomic E-state index is 12.6. The van der Waals surface area contributed by atoms with E-state index in [0.29, 0.717) is 44.1 Å². The van der Waals surface area contributed by atoms with Crippen molar-refractivity contribution >= 4 is 34.0 Å². The number of amides is 1. The molecule has 0 saturated carbocycles. The molecule has 25 heavy (non-hydrogen) atoms. The number of carbonyl (C=O) groups is 1.